The van der Waals surface area contributed by atoms with Gasteiger partial charge in [0.1, 0.15) is 23.8 Å². The van der Waals surface area contributed by atoms with Gasteiger partial charge in [0.2, 0.25) is 11.8 Å². The molecule has 0 aromatic rings. The number of rotatable bonds is 84. The van der Waals surface area contributed by atoms with Gasteiger partial charge in [-0.3, -0.25) is 37.9 Å². The molecule has 0 fully saturated rings. The second kappa shape index (κ2) is 82.7. The molecule has 0 heterocycles. The van der Waals surface area contributed by atoms with Crippen molar-refractivity contribution in [2.24, 2.45) is 0 Å². The molecule has 23 nitrogen and oxygen atoms in total. The van der Waals surface area contributed by atoms with E-state index in [9.17, 15) is 52.5 Å². The molecular weight excluding hydrogens is 1460 g/mol. The molecule has 0 bridgehead atoms. The minimum atomic E-state index is -5.06. The first kappa shape index (κ1) is 113. The van der Waals surface area contributed by atoms with E-state index < -0.39 is 84.8 Å². The molecule has 110 heavy (non-hydrogen) atoms. The predicted octanol–water partition coefficient (Wildman–Crippen LogP) is 13.2. The van der Waals surface area contributed by atoms with E-state index in [1.807, 2.05) is 0 Å². The van der Waals surface area contributed by atoms with Gasteiger partial charge in [-0.2, -0.15) is 0 Å². The molecule has 4 N–H and O–H groups in total. The second-order valence-electron chi connectivity index (χ2n) is 30.0. The monoisotopic (exact) mass is 1620 g/mol. The van der Waals surface area contributed by atoms with Gasteiger partial charge in [0, 0.05) is 51.6 Å². The fourth-order valence-electron chi connectivity index (χ4n) is 12.8. The Morgan fingerprint density at radius 2 is 0.564 bits per heavy atom. The van der Waals surface area contributed by atoms with Crippen LogP contribution in [-0.2, 0) is 74.9 Å². The first-order chi connectivity index (χ1) is 52.3. The number of ketones is 2. The molecule has 6 atom stereocenters. The van der Waals surface area contributed by atoms with Crippen LogP contribution in [0.4, 0.5) is 4.79 Å². The Morgan fingerprint density at radius 3 is 0.845 bits per heavy atom. The fourth-order valence-corrected chi connectivity index (χ4v) is 14.3. The quantitative estimate of drug-likeness (QED) is 0.0144. The molecule has 0 aliphatic rings. The molecule has 4 amide bonds. The van der Waals surface area contributed by atoms with Crippen molar-refractivity contribution in [1.82, 2.24) is 21.3 Å². The van der Waals surface area contributed by atoms with Crippen molar-refractivity contribution in [2.45, 2.75) is 425 Å². The Labute approximate surface area is 712 Å². The number of carbonyl (C=O) groups is 7. The van der Waals surface area contributed by atoms with Crippen LogP contribution >= 0.6 is 15.6 Å². The summed E-state index contributed by atoms with van der Waals surface area (Å²) in [5.74, 6) is -2.19. The van der Waals surface area contributed by atoms with Crippen LogP contribution in [0.3, 0.4) is 0 Å². The number of phosphoric ester groups is 2. The molecule has 0 aliphatic heterocycles. The topological polar surface area (TPSA) is 322 Å². The van der Waals surface area contributed by atoms with Crippen LogP contribution in [0.2, 0.25) is 0 Å². The zero-order chi connectivity index (χ0) is 79.5. The van der Waals surface area contributed by atoms with E-state index in [4.69, 9.17) is 37.0 Å². The maximum atomic E-state index is 13.3. The van der Waals surface area contributed by atoms with Crippen LogP contribution in [-0.4, -0.2) is 132 Å². The summed E-state index contributed by atoms with van der Waals surface area (Å²) >= 11 is 0. The largest absolute Gasteiger partial charge is 1.00 e. The van der Waals surface area contributed by atoms with Crippen LogP contribution in [0.25, 0.3) is 0 Å². The van der Waals surface area contributed by atoms with E-state index in [1.54, 1.807) is 0 Å². The van der Waals surface area contributed by atoms with Gasteiger partial charge >= 0.3 is 77.1 Å². The number of nitrogens with one attached hydrogen (secondary N) is 4. The summed E-state index contributed by atoms with van der Waals surface area (Å²) in [5, 5.41) is 10.2. The van der Waals surface area contributed by atoms with Gasteiger partial charge in [-0.05, 0) is 51.4 Å². The molecule has 0 aromatic carbocycles. The second-order valence-corrected chi connectivity index (χ2v) is 32.8. The Bertz CT molecular complexity index is 2140. The SMILES string of the molecule is CCCCCCCCCCCC(=O)CC(=O)N[C@H](COCC[C@@H](CCCCCCC)OC(=O)CCCCCCCCCCC)COP(=O)([O-])OCCNC(=O)NCCOP(=O)([O-])OC[C@@H](COCC[C@@H](CCCCCCC)OC(=O)CCCCCCCCCCC)NC(=O)CC(=O)CCCCCCCCCCC.[Na+].[Na+]. The Hall–Kier alpha value is -1.37. The van der Waals surface area contributed by atoms with E-state index >= 15 is 0 Å². The summed E-state index contributed by atoms with van der Waals surface area (Å²) in [7, 11) is -10.1. The number of hydrogen-bond acceptors (Lipinski definition) is 19. The zero-order valence-electron chi connectivity index (χ0n) is 71.1. The summed E-state index contributed by atoms with van der Waals surface area (Å²) in [6.07, 6.45) is 51.9. The molecule has 0 saturated heterocycles. The fraction of sp³-hybridized carbons (Fsp3) is 0.916. The van der Waals surface area contributed by atoms with Crippen molar-refractivity contribution in [3.63, 3.8) is 0 Å². The van der Waals surface area contributed by atoms with Crippen molar-refractivity contribution >= 4 is 57.0 Å². The van der Waals surface area contributed by atoms with Gasteiger partial charge in [0.15, 0.2) is 0 Å². The van der Waals surface area contributed by atoms with E-state index in [-0.39, 0.29) is 147 Å². The minimum absolute atomic E-state index is 0. The molecule has 0 aromatic heterocycles. The van der Waals surface area contributed by atoms with Crippen molar-refractivity contribution in [3.8, 4) is 0 Å². The molecule has 0 rings (SSSR count). The molecule has 0 saturated carbocycles. The normalized spacial score (nSPS) is 13.5. The number of ether oxygens (including phenoxy) is 4. The maximum Gasteiger partial charge on any atom is 1.00 e. The number of urea groups is 1. The van der Waals surface area contributed by atoms with Gasteiger partial charge in [-0.25, -0.2) is 4.79 Å². The summed E-state index contributed by atoms with van der Waals surface area (Å²) in [4.78, 5) is 117. The third-order valence-corrected chi connectivity index (χ3v) is 21.3. The molecular formula is C83H158N4Na2O19P2. The van der Waals surface area contributed by atoms with Gasteiger partial charge in [-0.15, -0.1) is 0 Å². The predicted molar refractivity (Wildman–Crippen MR) is 428 cm³/mol. The van der Waals surface area contributed by atoms with E-state index in [0.717, 1.165) is 167 Å². The number of hydrogen-bond donors (Lipinski definition) is 4. The summed E-state index contributed by atoms with van der Waals surface area (Å²) < 4.78 is 70.5. The number of amides is 4. The van der Waals surface area contributed by atoms with Crippen LogP contribution in [0.1, 0.15) is 401 Å². The van der Waals surface area contributed by atoms with E-state index in [2.05, 4.69) is 62.8 Å². The van der Waals surface area contributed by atoms with Gasteiger partial charge < -0.3 is 68.1 Å². The number of esters is 2. The molecule has 2 unspecified atom stereocenters. The Kier molecular flexibility index (Phi) is 84.8. The number of unbranched alkanes of at least 4 members (excludes halogenated alkanes) is 40. The standard InChI is InChI=1S/C83H160N4O19P2.2Na/c1-7-13-19-25-29-33-37-43-47-53-75(88)67-79(90)86-73(69-99-63-59-77(55-49-41-23-17-11-5)105-81(92)57-51-45-39-35-31-27-21-15-9-3)71-103-107(95,96)101-65-61-84-83(94)85-62-66-102-108(97,98)104-72-74(87-80(91)68-76(89)54-48-44-38-34-30-26-20-14-8-2)70-100-64-60-78(56-50-42-24-18-12-6)106-82(93)58-52-46-40-36-32-28-22-16-10-4;;/h73-74,77-78H,7-72H2,1-6H3,(H,86,90)(H,87,91)(H,95,96)(H,97,98)(H2,84,85,94);;/q;2*+1/p-2/t73-,74-,77-,78-;;/m1../s1. The number of Topliss-reactive ketones (excluding diaryl/α,β-unsaturated/α-hetero) is 2. The molecule has 0 radical (unpaired) electrons. The van der Waals surface area contributed by atoms with Gasteiger partial charge in [0.05, 0.1) is 77.8 Å². The number of carbonyl (C=O) groups excluding carboxylic acids is 7. The average Bonchev–Trinajstić information content (AvgIpc) is 0.912. The van der Waals surface area contributed by atoms with Crippen molar-refractivity contribution in [3.05, 3.63) is 0 Å². The molecule has 0 aliphatic carbocycles. The van der Waals surface area contributed by atoms with E-state index in [1.165, 1.54) is 116 Å². The van der Waals surface area contributed by atoms with Crippen molar-refractivity contribution in [1.29, 1.82) is 0 Å². The third kappa shape index (κ3) is 79.1. The van der Waals surface area contributed by atoms with Crippen LogP contribution in [0.15, 0.2) is 0 Å². The van der Waals surface area contributed by atoms with Crippen molar-refractivity contribution < 1.29 is 149 Å². The summed E-state index contributed by atoms with van der Waals surface area (Å²) in [5.41, 5.74) is 0. The first-order valence-corrected chi connectivity index (χ1v) is 46.6. The Morgan fingerprint density at radius 1 is 0.309 bits per heavy atom. The third-order valence-electron chi connectivity index (χ3n) is 19.3. The summed E-state index contributed by atoms with van der Waals surface area (Å²) in [6.45, 7) is 10.0. The summed E-state index contributed by atoms with van der Waals surface area (Å²) in [6, 6.07) is -2.86. The van der Waals surface area contributed by atoms with Crippen LogP contribution in [0.5, 0.6) is 0 Å². The van der Waals surface area contributed by atoms with Crippen LogP contribution in [0, 0.1) is 0 Å². The molecule has 27 heteroatoms. The van der Waals surface area contributed by atoms with Gasteiger partial charge in [-0.1, -0.05) is 298 Å². The average molecular weight is 1620 g/mol. The minimum Gasteiger partial charge on any atom is -0.756 e. The zero-order valence-corrected chi connectivity index (χ0v) is 76.9. The molecule has 636 valence electrons. The van der Waals surface area contributed by atoms with Crippen molar-refractivity contribution in [2.75, 3.05) is 65.9 Å². The first-order valence-electron chi connectivity index (χ1n) is 43.7. The van der Waals surface area contributed by atoms with E-state index in [0.29, 0.717) is 51.4 Å². The maximum absolute atomic E-state index is 13.3. The Balaban J connectivity index is -0.0000572. The smallest absolute Gasteiger partial charge is 0.756 e. The van der Waals surface area contributed by atoms with Gasteiger partial charge in [0.25, 0.3) is 15.6 Å². The molecule has 0 spiro atoms. The van der Waals surface area contributed by atoms with Crippen LogP contribution < -0.4 is 90.2 Å². The number of phosphoric acid groups is 2.